The topological polar surface area (TPSA) is 125 Å². The number of unbranched alkanes of at least 4 members (excludes halogenated alkanes) is 2. The van der Waals surface area contributed by atoms with Crippen LogP contribution >= 0.6 is 8.25 Å². The molecule has 0 spiro atoms. The first-order valence-electron chi connectivity index (χ1n) is 9.39. The highest BCUT2D eigenvalue weighted by Gasteiger charge is 2.18. The number of aromatic nitrogens is 3. The van der Waals surface area contributed by atoms with E-state index in [1.54, 1.807) is 25.3 Å². The molecule has 0 bridgehead atoms. The van der Waals surface area contributed by atoms with E-state index in [1.807, 2.05) is 16.8 Å². The van der Waals surface area contributed by atoms with Crippen LogP contribution in [0.4, 0.5) is 11.8 Å². The van der Waals surface area contributed by atoms with Crippen LogP contribution in [0.1, 0.15) is 31.7 Å². The quantitative estimate of drug-likeness (QED) is 0.336. The molecule has 0 amide bonds. The molecule has 0 radical (unpaired) electrons. The summed E-state index contributed by atoms with van der Waals surface area (Å²) in [5.74, 6) is 1.83. The average molecular weight is 418 g/mol. The predicted octanol–water partition coefficient (Wildman–Crippen LogP) is 3.70. The van der Waals surface area contributed by atoms with E-state index in [1.165, 1.54) is 0 Å². The van der Waals surface area contributed by atoms with E-state index in [9.17, 15) is 4.57 Å². The molecule has 0 aliphatic carbocycles. The van der Waals surface area contributed by atoms with Crippen molar-refractivity contribution in [3.8, 4) is 11.5 Å². The van der Waals surface area contributed by atoms with Gasteiger partial charge in [0, 0.05) is 22.9 Å². The molecule has 0 saturated carbocycles. The van der Waals surface area contributed by atoms with Gasteiger partial charge < -0.3 is 20.4 Å². The number of fused-ring (bicyclic) bond motifs is 1. The molecular formula is C19H25N5O4P+. The lowest BCUT2D eigenvalue weighted by Crippen LogP contribution is -2.09. The molecule has 2 heterocycles. The summed E-state index contributed by atoms with van der Waals surface area (Å²) in [6.07, 6.45) is 5.20. The van der Waals surface area contributed by atoms with Gasteiger partial charge in [-0.2, -0.15) is 4.98 Å². The summed E-state index contributed by atoms with van der Waals surface area (Å²) in [5, 5.41) is 3.36. The molecule has 29 heavy (non-hydrogen) atoms. The predicted molar refractivity (Wildman–Crippen MR) is 113 cm³/mol. The summed E-state index contributed by atoms with van der Waals surface area (Å²) in [7, 11) is -1.17. The standard InChI is InChI=1S/C19H24N5O4P/c1-3-4-5-9-21-18-17-15(22-19(20)23-18)8-10-24(17)12-13-11-14(28-29(25)26)6-7-16(13)27-2/h6-8,10-11H,3-5,9,12H2,1-2H3,(H3-,20,21,22,23,25,26)/p+1. The first kappa shape index (κ1) is 20.8. The third kappa shape index (κ3) is 5.13. The van der Waals surface area contributed by atoms with Crippen LogP contribution in [-0.4, -0.2) is 33.1 Å². The fraction of sp³-hybridized carbons (Fsp3) is 0.368. The average Bonchev–Trinajstić information content (AvgIpc) is 3.07. The summed E-state index contributed by atoms with van der Waals surface area (Å²) >= 11 is 0. The van der Waals surface area contributed by atoms with Gasteiger partial charge >= 0.3 is 8.25 Å². The molecule has 1 aromatic carbocycles. The van der Waals surface area contributed by atoms with E-state index in [2.05, 4.69) is 22.2 Å². The SMILES string of the molecule is CCCCCNc1nc(N)nc2ccn(Cc3cc(O[P+](=O)O)ccc3OC)c12. The first-order valence-corrected chi connectivity index (χ1v) is 10.5. The number of ether oxygens (including phenoxy) is 1. The van der Waals surface area contributed by atoms with Gasteiger partial charge in [-0.3, -0.25) is 0 Å². The van der Waals surface area contributed by atoms with E-state index in [4.69, 9.17) is 19.9 Å². The molecular weight excluding hydrogens is 393 g/mol. The minimum Gasteiger partial charge on any atom is -0.496 e. The van der Waals surface area contributed by atoms with E-state index in [0.717, 1.165) is 42.4 Å². The summed E-state index contributed by atoms with van der Waals surface area (Å²) in [6, 6.07) is 6.85. The van der Waals surface area contributed by atoms with Crippen LogP contribution in [0.2, 0.25) is 0 Å². The number of hydrogen-bond donors (Lipinski definition) is 3. The summed E-state index contributed by atoms with van der Waals surface area (Å²) in [6.45, 7) is 3.38. The van der Waals surface area contributed by atoms with Crippen molar-refractivity contribution < 1.29 is 18.7 Å². The van der Waals surface area contributed by atoms with E-state index >= 15 is 0 Å². The van der Waals surface area contributed by atoms with Crippen molar-refractivity contribution in [1.29, 1.82) is 0 Å². The largest absolute Gasteiger partial charge is 0.747 e. The Morgan fingerprint density at radius 2 is 2.10 bits per heavy atom. The monoisotopic (exact) mass is 418 g/mol. The Labute approximate surface area is 169 Å². The second-order valence-electron chi connectivity index (χ2n) is 6.54. The van der Waals surface area contributed by atoms with Crippen molar-refractivity contribution in [2.45, 2.75) is 32.7 Å². The molecule has 2 aromatic heterocycles. The molecule has 3 aromatic rings. The number of methoxy groups -OCH3 is 1. The number of nitrogen functional groups attached to an aromatic ring is 1. The zero-order chi connectivity index (χ0) is 20.8. The number of benzene rings is 1. The van der Waals surface area contributed by atoms with Crippen LogP contribution in [0, 0.1) is 0 Å². The maximum absolute atomic E-state index is 11.0. The van der Waals surface area contributed by atoms with Gasteiger partial charge in [-0.05, 0) is 30.7 Å². The molecule has 0 aliphatic rings. The van der Waals surface area contributed by atoms with Crippen LogP contribution in [0.5, 0.6) is 11.5 Å². The van der Waals surface area contributed by atoms with Gasteiger partial charge in [-0.25, -0.2) is 9.51 Å². The lowest BCUT2D eigenvalue weighted by atomic mass is 10.2. The van der Waals surface area contributed by atoms with Crippen molar-refractivity contribution in [1.82, 2.24) is 14.5 Å². The van der Waals surface area contributed by atoms with E-state index < -0.39 is 8.25 Å². The van der Waals surface area contributed by atoms with Gasteiger partial charge in [-0.15, -0.1) is 4.89 Å². The highest BCUT2D eigenvalue weighted by molar-refractivity contribution is 7.32. The van der Waals surface area contributed by atoms with Crippen molar-refractivity contribution >= 4 is 31.1 Å². The van der Waals surface area contributed by atoms with E-state index in [-0.39, 0.29) is 5.95 Å². The normalized spacial score (nSPS) is 11.5. The van der Waals surface area contributed by atoms with Crippen LogP contribution in [0.25, 0.3) is 11.0 Å². The van der Waals surface area contributed by atoms with Crippen LogP contribution < -0.4 is 20.3 Å². The van der Waals surface area contributed by atoms with E-state index in [0.29, 0.717) is 23.9 Å². The van der Waals surface area contributed by atoms with Crippen LogP contribution in [0.3, 0.4) is 0 Å². The third-order valence-corrected chi connectivity index (χ3v) is 4.84. The highest BCUT2D eigenvalue weighted by atomic mass is 31.1. The molecule has 0 saturated heterocycles. The molecule has 4 N–H and O–H groups in total. The van der Waals surface area contributed by atoms with Crippen molar-refractivity contribution in [2.75, 3.05) is 24.7 Å². The molecule has 10 heteroatoms. The number of anilines is 2. The third-order valence-electron chi connectivity index (χ3n) is 4.48. The second-order valence-corrected chi connectivity index (χ2v) is 7.20. The summed E-state index contributed by atoms with van der Waals surface area (Å²) < 4.78 is 23.3. The first-order chi connectivity index (χ1) is 14.0. The maximum Gasteiger partial charge on any atom is 0.747 e. The molecule has 0 aliphatic heterocycles. The molecule has 1 unspecified atom stereocenters. The summed E-state index contributed by atoms with van der Waals surface area (Å²) in [5.41, 5.74) is 8.22. The van der Waals surface area contributed by atoms with Gasteiger partial charge in [0.15, 0.2) is 11.6 Å². The lowest BCUT2D eigenvalue weighted by Gasteiger charge is -2.13. The highest BCUT2D eigenvalue weighted by Crippen LogP contribution is 2.31. The minimum atomic E-state index is -2.74. The van der Waals surface area contributed by atoms with Crippen LogP contribution in [-0.2, 0) is 11.1 Å². The molecule has 154 valence electrons. The van der Waals surface area contributed by atoms with Crippen LogP contribution in [0.15, 0.2) is 30.5 Å². The Morgan fingerprint density at radius 3 is 2.83 bits per heavy atom. The molecule has 9 nitrogen and oxygen atoms in total. The minimum absolute atomic E-state index is 0.216. The fourth-order valence-corrected chi connectivity index (χ4v) is 3.46. The van der Waals surface area contributed by atoms with Gasteiger partial charge in [-0.1, -0.05) is 19.8 Å². The number of nitrogens with zero attached hydrogens (tertiary/aromatic N) is 3. The number of nitrogens with one attached hydrogen (secondary N) is 1. The maximum atomic E-state index is 11.0. The number of rotatable bonds is 10. The number of hydrogen-bond acceptors (Lipinski definition) is 7. The lowest BCUT2D eigenvalue weighted by molar-refractivity contribution is 0.401. The Balaban J connectivity index is 1.95. The van der Waals surface area contributed by atoms with Gasteiger partial charge in [0.1, 0.15) is 11.3 Å². The Morgan fingerprint density at radius 1 is 1.28 bits per heavy atom. The van der Waals surface area contributed by atoms with Crippen molar-refractivity contribution in [3.63, 3.8) is 0 Å². The smallest absolute Gasteiger partial charge is 0.496 e. The number of nitrogens with two attached hydrogens (primary N) is 1. The molecule has 3 rings (SSSR count). The van der Waals surface area contributed by atoms with Gasteiger partial charge in [0.25, 0.3) is 0 Å². The van der Waals surface area contributed by atoms with Gasteiger partial charge in [0.05, 0.1) is 19.2 Å². The second kappa shape index (κ2) is 9.54. The van der Waals surface area contributed by atoms with Crippen molar-refractivity contribution in [3.05, 3.63) is 36.0 Å². The molecule has 1 atom stereocenters. The zero-order valence-corrected chi connectivity index (χ0v) is 17.4. The Bertz CT molecular complexity index is 1010. The van der Waals surface area contributed by atoms with Gasteiger partial charge in [0.2, 0.25) is 5.95 Å². The molecule has 0 fully saturated rings. The summed E-state index contributed by atoms with van der Waals surface area (Å²) in [4.78, 5) is 17.7. The zero-order valence-electron chi connectivity index (χ0n) is 16.5. The fourth-order valence-electron chi connectivity index (χ4n) is 3.17. The Kier molecular flexibility index (Phi) is 6.85. The Hall–Kier alpha value is -2.90. The van der Waals surface area contributed by atoms with Crippen molar-refractivity contribution in [2.24, 2.45) is 0 Å².